The van der Waals surface area contributed by atoms with Crippen molar-refractivity contribution in [3.05, 3.63) is 91.5 Å². The first kappa shape index (κ1) is 24.3. The maximum Gasteiger partial charge on any atom is 0.307 e. The molecule has 1 heterocycles. The SMILES string of the molecule is CCOc1cc(/C=N/NC(=O)c2cc3cc(Br)ccc3o2)cc(Br)c1OCc1ccccc1Cl. The van der Waals surface area contributed by atoms with E-state index in [1.807, 2.05) is 49.4 Å². The van der Waals surface area contributed by atoms with Gasteiger partial charge in [-0.1, -0.05) is 45.7 Å². The van der Waals surface area contributed by atoms with Gasteiger partial charge in [-0.25, -0.2) is 5.43 Å². The number of carbonyl (C=O) groups excluding carboxylic acids is 1. The van der Waals surface area contributed by atoms with Gasteiger partial charge >= 0.3 is 5.91 Å². The summed E-state index contributed by atoms with van der Waals surface area (Å²) in [6, 6.07) is 18.3. The number of halogens is 3. The molecular formula is C25H19Br2ClN2O4. The predicted octanol–water partition coefficient (Wildman–Crippen LogP) is 7.35. The van der Waals surface area contributed by atoms with Crippen molar-refractivity contribution in [2.24, 2.45) is 5.10 Å². The Labute approximate surface area is 218 Å². The Kier molecular flexibility index (Phi) is 7.92. The number of fused-ring (bicyclic) bond motifs is 1. The first-order valence-electron chi connectivity index (χ1n) is 10.3. The lowest BCUT2D eigenvalue weighted by Crippen LogP contribution is -2.16. The molecule has 4 rings (SSSR count). The Morgan fingerprint density at radius 1 is 1.12 bits per heavy atom. The van der Waals surface area contributed by atoms with Gasteiger partial charge in [-0.2, -0.15) is 5.10 Å². The third-order valence-corrected chi connectivity index (χ3v) is 6.19. The summed E-state index contributed by atoms with van der Waals surface area (Å²) < 4.78 is 18.9. The third-order valence-electron chi connectivity index (χ3n) is 4.74. The van der Waals surface area contributed by atoms with Gasteiger partial charge in [0.1, 0.15) is 12.2 Å². The lowest BCUT2D eigenvalue weighted by molar-refractivity contribution is 0.0929. The van der Waals surface area contributed by atoms with Crippen LogP contribution in [-0.2, 0) is 6.61 Å². The number of ether oxygens (including phenoxy) is 2. The molecule has 0 bridgehead atoms. The van der Waals surface area contributed by atoms with Crippen LogP contribution in [0.1, 0.15) is 28.6 Å². The van der Waals surface area contributed by atoms with Gasteiger partial charge in [-0.15, -0.1) is 0 Å². The van der Waals surface area contributed by atoms with Crippen LogP contribution in [-0.4, -0.2) is 18.7 Å². The quantitative estimate of drug-likeness (QED) is 0.168. The van der Waals surface area contributed by atoms with Crippen molar-refractivity contribution in [1.82, 2.24) is 5.43 Å². The Bertz CT molecular complexity index is 1370. The Morgan fingerprint density at radius 2 is 1.94 bits per heavy atom. The third kappa shape index (κ3) is 5.81. The van der Waals surface area contributed by atoms with Gasteiger partial charge < -0.3 is 13.9 Å². The fourth-order valence-corrected chi connectivity index (χ4v) is 4.32. The highest BCUT2D eigenvalue weighted by Crippen LogP contribution is 2.37. The minimum atomic E-state index is -0.452. The zero-order valence-corrected chi connectivity index (χ0v) is 21.9. The van der Waals surface area contributed by atoms with Gasteiger partial charge in [0.05, 0.1) is 17.3 Å². The van der Waals surface area contributed by atoms with Crippen LogP contribution >= 0.6 is 43.5 Å². The zero-order valence-electron chi connectivity index (χ0n) is 18.0. The second-order valence-corrected chi connectivity index (χ2v) is 9.31. The molecule has 0 spiro atoms. The highest BCUT2D eigenvalue weighted by molar-refractivity contribution is 9.10. The van der Waals surface area contributed by atoms with Crippen molar-refractivity contribution in [1.29, 1.82) is 0 Å². The molecule has 1 amide bonds. The van der Waals surface area contributed by atoms with Gasteiger partial charge in [0.15, 0.2) is 17.3 Å². The number of carbonyl (C=O) groups is 1. The largest absolute Gasteiger partial charge is 0.490 e. The molecule has 0 saturated carbocycles. The van der Waals surface area contributed by atoms with E-state index in [0.717, 1.165) is 15.4 Å². The normalized spacial score (nSPS) is 11.2. The standard InChI is InChI=1S/C25H19Br2ClN2O4/c1-2-32-22-10-15(9-19(27)24(22)33-14-16-5-3-4-6-20(16)28)13-29-30-25(31)23-12-17-11-18(26)7-8-21(17)34-23/h3-13H,2,14H2,1H3,(H,30,31)/b29-13+. The number of rotatable bonds is 8. The summed E-state index contributed by atoms with van der Waals surface area (Å²) in [7, 11) is 0. The van der Waals surface area contributed by atoms with Crippen molar-refractivity contribution in [2.75, 3.05) is 6.61 Å². The second-order valence-electron chi connectivity index (χ2n) is 7.14. The molecule has 9 heteroatoms. The van der Waals surface area contributed by atoms with E-state index in [2.05, 4.69) is 42.4 Å². The average molecular weight is 607 g/mol. The van der Waals surface area contributed by atoms with Crippen LogP contribution in [0.2, 0.25) is 5.02 Å². The fraction of sp³-hybridized carbons (Fsp3) is 0.120. The summed E-state index contributed by atoms with van der Waals surface area (Å²) in [6.07, 6.45) is 1.52. The molecule has 0 aliphatic rings. The number of nitrogens with zero attached hydrogens (tertiary/aromatic N) is 1. The molecule has 0 aliphatic heterocycles. The van der Waals surface area contributed by atoms with Gasteiger partial charge in [-0.3, -0.25) is 4.79 Å². The van der Waals surface area contributed by atoms with Crippen LogP contribution < -0.4 is 14.9 Å². The van der Waals surface area contributed by atoms with Crippen LogP contribution in [0.5, 0.6) is 11.5 Å². The lowest BCUT2D eigenvalue weighted by Gasteiger charge is -2.15. The maximum absolute atomic E-state index is 12.4. The van der Waals surface area contributed by atoms with Crippen LogP contribution in [0.25, 0.3) is 11.0 Å². The first-order chi connectivity index (χ1) is 16.4. The van der Waals surface area contributed by atoms with E-state index in [1.165, 1.54) is 6.21 Å². The van der Waals surface area contributed by atoms with E-state index in [-0.39, 0.29) is 12.4 Å². The number of hydrogen-bond acceptors (Lipinski definition) is 5. The van der Waals surface area contributed by atoms with E-state index < -0.39 is 5.91 Å². The molecule has 3 aromatic carbocycles. The summed E-state index contributed by atoms with van der Waals surface area (Å²) in [4.78, 5) is 12.4. The van der Waals surface area contributed by atoms with Gasteiger partial charge in [0.2, 0.25) is 0 Å². The molecule has 0 fully saturated rings. The monoisotopic (exact) mass is 604 g/mol. The maximum atomic E-state index is 12.4. The van der Waals surface area contributed by atoms with Crippen LogP contribution in [0.15, 0.2) is 79.1 Å². The number of hydrazone groups is 1. The fourth-order valence-electron chi connectivity index (χ4n) is 3.18. The number of amides is 1. The number of hydrogen-bond donors (Lipinski definition) is 1. The molecule has 1 aromatic heterocycles. The molecule has 0 aliphatic carbocycles. The molecule has 1 N–H and O–H groups in total. The topological polar surface area (TPSA) is 73.1 Å². The Hall–Kier alpha value is -2.81. The molecule has 0 atom stereocenters. The minimum Gasteiger partial charge on any atom is -0.490 e. The number of benzene rings is 3. The van der Waals surface area contributed by atoms with Crippen LogP contribution in [0.3, 0.4) is 0 Å². The van der Waals surface area contributed by atoms with Crippen molar-refractivity contribution in [3.63, 3.8) is 0 Å². The van der Waals surface area contributed by atoms with E-state index in [0.29, 0.717) is 38.7 Å². The van der Waals surface area contributed by atoms with Crippen molar-refractivity contribution in [3.8, 4) is 11.5 Å². The van der Waals surface area contributed by atoms with Crippen LogP contribution in [0, 0.1) is 0 Å². The number of furan rings is 1. The molecule has 0 saturated heterocycles. The molecule has 34 heavy (non-hydrogen) atoms. The van der Waals surface area contributed by atoms with Gasteiger partial charge in [0.25, 0.3) is 0 Å². The first-order valence-corrected chi connectivity index (χ1v) is 12.3. The smallest absolute Gasteiger partial charge is 0.307 e. The van der Waals surface area contributed by atoms with Crippen LogP contribution in [0.4, 0.5) is 0 Å². The molecule has 174 valence electrons. The molecule has 4 aromatic rings. The van der Waals surface area contributed by atoms with E-state index in [1.54, 1.807) is 18.2 Å². The second kappa shape index (κ2) is 11.1. The average Bonchev–Trinajstić information content (AvgIpc) is 3.23. The van der Waals surface area contributed by atoms with E-state index in [4.69, 9.17) is 25.5 Å². The lowest BCUT2D eigenvalue weighted by atomic mass is 10.2. The molecule has 0 unspecified atom stereocenters. The molecule has 6 nitrogen and oxygen atoms in total. The van der Waals surface area contributed by atoms with Gasteiger partial charge in [-0.05, 0) is 70.9 Å². The Morgan fingerprint density at radius 3 is 2.74 bits per heavy atom. The number of nitrogens with one attached hydrogen (secondary N) is 1. The summed E-state index contributed by atoms with van der Waals surface area (Å²) >= 11 is 13.2. The van der Waals surface area contributed by atoms with Crippen molar-refractivity contribution < 1.29 is 18.7 Å². The summed E-state index contributed by atoms with van der Waals surface area (Å²) in [6.45, 7) is 2.63. The minimum absolute atomic E-state index is 0.171. The predicted molar refractivity (Wildman–Crippen MR) is 140 cm³/mol. The Balaban J connectivity index is 1.47. The molecule has 0 radical (unpaired) electrons. The van der Waals surface area contributed by atoms with Crippen molar-refractivity contribution in [2.45, 2.75) is 13.5 Å². The highest BCUT2D eigenvalue weighted by atomic mass is 79.9. The molecular weight excluding hydrogens is 588 g/mol. The van der Waals surface area contributed by atoms with Gasteiger partial charge in [0, 0.05) is 20.4 Å². The highest BCUT2D eigenvalue weighted by Gasteiger charge is 2.14. The van der Waals surface area contributed by atoms with E-state index in [9.17, 15) is 4.79 Å². The zero-order chi connectivity index (χ0) is 24.1. The summed E-state index contributed by atoms with van der Waals surface area (Å²) in [5, 5.41) is 5.51. The summed E-state index contributed by atoms with van der Waals surface area (Å²) in [5.74, 6) is 0.813. The van der Waals surface area contributed by atoms with Crippen molar-refractivity contribution >= 4 is 66.6 Å². The van der Waals surface area contributed by atoms with E-state index >= 15 is 0 Å². The summed E-state index contributed by atoms with van der Waals surface area (Å²) in [5.41, 5.74) is 4.67.